The predicted octanol–water partition coefficient (Wildman–Crippen LogP) is 3.16. The molecule has 0 fully saturated rings. The topological polar surface area (TPSA) is 93.1 Å². The first-order valence-corrected chi connectivity index (χ1v) is 7.76. The van der Waals surface area contributed by atoms with E-state index in [4.69, 9.17) is 18.5 Å². The molecule has 2 rings (SSSR count). The Hall–Kier alpha value is -1.71. The molecule has 20 heavy (non-hydrogen) atoms. The van der Waals surface area contributed by atoms with Crippen molar-refractivity contribution in [3.63, 3.8) is 0 Å². The highest BCUT2D eigenvalue weighted by Crippen LogP contribution is 2.43. The SMILES string of the molecule is O=P(O)(Oc1ccccc1)Oc1ccccc1.O=[PH+]O. The molecule has 0 aliphatic carbocycles. The van der Waals surface area contributed by atoms with Gasteiger partial charge in [-0.25, -0.2) is 4.57 Å². The summed E-state index contributed by atoms with van der Waals surface area (Å²) in [5, 5.41) is 0. The van der Waals surface area contributed by atoms with Crippen LogP contribution in [0.5, 0.6) is 11.5 Å². The van der Waals surface area contributed by atoms with Crippen LogP contribution >= 0.6 is 16.5 Å². The van der Waals surface area contributed by atoms with E-state index in [1.165, 1.54) is 0 Å². The molecule has 0 saturated heterocycles. The molecule has 0 saturated carbocycles. The van der Waals surface area contributed by atoms with Crippen LogP contribution < -0.4 is 9.05 Å². The zero-order chi connectivity index (χ0) is 14.8. The second-order valence-electron chi connectivity index (χ2n) is 3.37. The number of hydrogen-bond acceptors (Lipinski definition) is 4. The van der Waals surface area contributed by atoms with Crippen molar-refractivity contribution in [2.75, 3.05) is 0 Å². The van der Waals surface area contributed by atoms with Crippen LogP contribution in [0, 0.1) is 0 Å². The lowest BCUT2D eigenvalue weighted by atomic mass is 10.3. The van der Waals surface area contributed by atoms with E-state index in [0.717, 1.165) is 0 Å². The van der Waals surface area contributed by atoms with Crippen LogP contribution in [0.25, 0.3) is 0 Å². The molecule has 0 amide bonds. The Kier molecular flexibility index (Phi) is 6.91. The number of phosphoric ester groups is 1. The normalized spacial score (nSPS) is 10.3. The Bertz CT molecular complexity index is 515. The minimum atomic E-state index is -4.14. The van der Waals surface area contributed by atoms with Crippen LogP contribution in [0.3, 0.4) is 0 Å². The fourth-order valence-electron chi connectivity index (χ4n) is 1.25. The third-order valence-corrected chi connectivity index (χ3v) is 2.81. The van der Waals surface area contributed by atoms with E-state index in [2.05, 4.69) is 0 Å². The van der Waals surface area contributed by atoms with E-state index in [0.29, 0.717) is 0 Å². The maximum atomic E-state index is 11.7. The highest BCUT2D eigenvalue weighted by molar-refractivity contribution is 7.48. The molecule has 0 aliphatic heterocycles. The number of para-hydroxylation sites is 2. The first kappa shape index (κ1) is 16.3. The molecule has 0 radical (unpaired) electrons. The quantitative estimate of drug-likeness (QED) is 0.842. The molecule has 0 heterocycles. The van der Waals surface area contributed by atoms with E-state index in [9.17, 15) is 9.46 Å². The lowest BCUT2D eigenvalue weighted by Crippen LogP contribution is -1.99. The molecule has 106 valence electrons. The van der Waals surface area contributed by atoms with Crippen molar-refractivity contribution in [1.29, 1.82) is 0 Å². The van der Waals surface area contributed by atoms with Gasteiger partial charge in [-0.15, -0.1) is 0 Å². The minimum absolute atomic E-state index is 0.286. The van der Waals surface area contributed by atoms with E-state index >= 15 is 0 Å². The van der Waals surface area contributed by atoms with Crippen molar-refractivity contribution < 1.29 is 28.0 Å². The Balaban J connectivity index is 0.000000612. The second-order valence-corrected chi connectivity index (χ2v) is 4.85. The molecule has 0 spiro atoms. The van der Waals surface area contributed by atoms with Crippen LogP contribution in [0.2, 0.25) is 0 Å². The maximum Gasteiger partial charge on any atom is 0.584 e. The molecule has 0 bridgehead atoms. The predicted molar refractivity (Wildman–Crippen MR) is 75.2 cm³/mol. The highest BCUT2D eigenvalue weighted by Gasteiger charge is 2.24. The van der Waals surface area contributed by atoms with Crippen LogP contribution in [0.1, 0.15) is 0 Å². The number of phosphoric acid groups is 1. The van der Waals surface area contributed by atoms with Gasteiger partial charge in [-0.05, 0) is 28.8 Å². The standard InChI is InChI=1S/C12H11O4P.HO2P/c13-17(14,15-11-7-3-1-4-8-11)16-12-9-5-2-6-10-12;1-3-2/h1-10H,(H,13,14);3H/p+1. The van der Waals surface area contributed by atoms with E-state index in [1.54, 1.807) is 60.7 Å². The van der Waals surface area contributed by atoms with Crippen LogP contribution in [-0.4, -0.2) is 9.79 Å². The van der Waals surface area contributed by atoms with Gasteiger partial charge in [0.05, 0.1) is 0 Å². The lowest BCUT2D eigenvalue weighted by Gasteiger charge is -2.13. The molecule has 0 aromatic heterocycles. The summed E-state index contributed by atoms with van der Waals surface area (Å²) in [6, 6.07) is 16.7. The first-order valence-electron chi connectivity index (χ1n) is 5.41. The highest BCUT2D eigenvalue weighted by atomic mass is 31.2. The zero-order valence-electron chi connectivity index (χ0n) is 10.2. The molecule has 2 aromatic carbocycles. The van der Waals surface area contributed by atoms with Crippen molar-refractivity contribution in [3.8, 4) is 11.5 Å². The summed E-state index contributed by atoms with van der Waals surface area (Å²) in [5.41, 5.74) is 0. The van der Waals surface area contributed by atoms with Crippen molar-refractivity contribution >= 4 is 16.5 Å². The van der Waals surface area contributed by atoms with Crippen LogP contribution in [0.15, 0.2) is 60.7 Å². The summed E-state index contributed by atoms with van der Waals surface area (Å²) < 4.78 is 30.0. The summed E-state index contributed by atoms with van der Waals surface area (Å²) >= 11 is 0. The van der Waals surface area contributed by atoms with Gasteiger partial charge in [0.2, 0.25) is 0 Å². The minimum Gasteiger partial charge on any atom is -0.395 e. The summed E-state index contributed by atoms with van der Waals surface area (Å²) in [6.07, 6.45) is 0. The maximum absolute atomic E-state index is 11.7. The number of hydrogen-bond donors (Lipinski definition) is 2. The molecule has 8 heteroatoms. The van der Waals surface area contributed by atoms with Crippen LogP contribution in [0.4, 0.5) is 0 Å². The Morgan fingerprint density at radius 2 is 1.15 bits per heavy atom. The van der Waals surface area contributed by atoms with Crippen molar-refractivity contribution in [3.05, 3.63) is 60.7 Å². The van der Waals surface area contributed by atoms with Gasteiger partial charge in [-0.1, -0.05) is 36.4 Å². The fraction of sp³-hybridized carbons (Fsp3) is 0. The molecular weight excluding hydrogens is 302 g/mol. The smallest absolute Gasteiger partial charge is 0.395 e. The summed E-state index contributed by atoms with van der Waals surface area (Å²) in [6.45, 7) is 0. The van der Waals surface area contributed by atoms with Gasteiger partial charge in [0.15, 0.2) is 0 Å². The largest absolute Gasteiger partial charge is 0.584 e. The van der Waals surface area contributed by atoms with Gasteiger partial charge in [-0.3, -0.25) is 4.89 Å². The summed E-state index contributed by atoms with van der Waals surface area (Å²) in [4.78, 5) is 16.6. The molecule has 0 aliphatic rings. The average Bonchev–Trinajstić information content (AvgIpc) is 2.40. The Morgan fingerprint density at radius 3 is 1.45 bits per heavy atom. The molecule has 1 atom stereocenters. The van der Waals surface area contributed by atoms with Gasteiger partial charge in [0.1, 0.15) is 11.5 Å². The summed E-state index contributed by atoms with van der Waals surface area (Å²) in [7, 11) is -5.30. The monoisotopic (exact) mass is 315 g/mol. The van der Waals surface area contributed by atoms with Gasteiger partial charge in [0, 0.05) is 0 Å². The Morgan fingerprint density at radius 1 is 0.850 bits per heavy atom. The number of benzene rings is 2. The fourth-order valence-corrected chi connectivity index (χ4v) is 2.06. The lowest BCUT2D eigenvalue weighted by molar-refractivity contribution is 0.291. The summed E-state index contributed by atoms with van der Waals surface area (Å²) in [5.74, 6) is 0.573. The third-order valence-electron chi connectivity index (χ3n) is 1.93. The molecule has 1 unspecified atom stereocenters. The molecule has 6 nitrogen and oxygen atoms in total. The van der Waals surface area contributed by atoms with Gasteiger partial charge in [0.25, 0.3) is 0 Å². The molecule has 2 N–H and O–H groups in total. The van der Waals surface area contributed by atoms with E-state index < -0.39 is 16.5 Å². The van der Waals surface area contributed by atoms with Crippen LogP contribution in [-0.2, 0) is 9.13 Å². The van der Waals surface area contributed by atoms with Gasteiger partial charge < -0.3 is 9.05 Å². The van der Waals surface area contributed by atoms with Crippen molar-refractivity contribution in [2.45, 2.75) is 0 Å². The molecular formula is C12H13O6P2+. The Labute approximate surface area is 117 Å². The first-order chi connectivity index (χ1) is 9.57. The van der Waals surface area contributed by atoms with Gasteiger partial charge in [-0.2, -0.15) is 4.89 Å². The molecule has 2 aromatic rings. The zero-order valence-corrected chi connectivity index (χ0v) is 12.1. The van der Waals surface area contributed by atoms with Crippen molar-refractivity contribution in [2.24, 2.45) is 0 Å². The number of rotatable bonds is 4. The third kappa shape index (κ3) is 6.45. The average molecular weight is 315 g/mol. The second kappa shape index (κ2) is 8.46. The van der Waals surface area contributed by atoms with E-state index in [-0.39, 0.29) is 11.5 Å². The van der Waals surface area contributed by atoms with Crippen molar-refractivity contribution in [1.82, 2.24) is 0 Å². The van der Waals surface area contributed by atoms with Gasteiger partial charge >= 0.3 is 16.5 Å². The van der Waals surface area contributed by atoms with E-state index in [1.807, 2.05) is 0 Å².